The molecule has 2 bridgehead atoms. The van der Waals surface area contributed by atoms with Crippen LogP contribution in [0.4, 0.5) is 8.78 Å². The molecule has 186 valence electrons. The SMILES string of the molecule is CC(C)(O)c1ncc(-c2ccc3nc4n(c3c2)[C@@H]2C[C@H]4n3ccnc3-c3cccc(OC(F)F)c32)cn1. The average molecular weight is 501 g/mol. The highest BCUT2D eigenvalue weighted by Gasteiger charge is 2.42. The molecule has 0 spiro atoms. The molecule has 1 N–H and O–H groups in total. The van der Waals surface area contributed by atoms with Gasteiger partial charge in [0.05, 0.1) is 23.1 Å². The van der Waals surface area contributed by atoms with E-state index in [0.29, 0.717) is 23.6 Å². The Morgan fingerprint density at radius 1 is 1.05 bits per heavy atom. The van der Waals surface area contributed by atoms with Gasteiger partial charge >= 0.3 is 6.61 Å². The minimum absolute atomic E-state index is 0.0976. The van der Waals surface area contributed by atoms with Crippen LogP contribution in [0.3, 0.4) is 0 Å². The van der Waals surface area contributed by atoms with E-state index in [9.17, 15) is 13.9 Å². The van der Waals surface area contributed by atoms with Crippen molar-refractivity contribution in [2.24, 2.45) is 0 Å². The summed E-state index contributed by atoms with van der Waals surface area (Å²) in [4.78, 5) is 18.2. The van der Waals surface area contributed by atoms with Crippen LogP contribution in [0, 0.1) is 0 Å². The number of rotatable bonds is 4. The monoisotopic (exact) mass is 500 g/mol. The van der Waals surface area contributed by atoms with Gasteiger partial charge in [0.15, 0.2) is 5.82 Å². The summed E-state index contributed by atoms with van der Waals surface area (Å²) in [7, 11) is 0. The maximum atomic E-state index is 13.4. The summed E-state index contributed by atoms with van der Waals surface area (Å²) in [5.41, 5.74) is 3.68. The van der Waals surface area contributed by atoms with Gasteiger partial charge in [-0.15, -0.1) is 0 Å². The van der Waals surface area contributed by atoms with E-state index >= 15 is 0 Å². The van der Waals surface area contributed by atoms with E-state index in [1.165, 1.54) is 0 Å². The van der Waals surface area contributed by atoms with E-state index in [1.54, 1.807) is 44.6 Å². The van der Waals surface area contributed by atoms with Gasteiger partial charge in [-0.1, -0.05) is 18.2 Å². The van der Waals surface area contributed by atoms with E-state index in [-0.39, 0.29) is 17.8 Å². The number of nitrogens with zero attached hydrogens (tertiary/aromatic N) is 6. The molecule has 7 rings (SSSR count). The van der Waals surface area contributed by atoms with Gasteiger partial charge in [-0.05, 0) is 37.6 Å². The standard InChI is InChI=1S/C27H22F2N6O2/c1-27(2,36)25-31-12-15(13-32-25)14-6-7-17-18(10-14)35-19-11-20(24(35)33-17)34-9-8-30-23(34)16-4-3-5-21(22(16)19)37-26(28)29/h3-10,12-13,19-20,26,36H,11H2,1-2H3/t19-,20-/m1/s1. The van der Waals surface area contributed by atoms with Crippen molar-refractivity contribution in [3.8, 4) is 28.3 Å². The molecule has 0 saturated carbocycles. The molecule has 0 aliphatic carbocycles. The molecule has 5 heterocycles. The van der Waals surface area contributed by atoms with Crippen LogP contribution in [-0.4, -0.2) is 40.8 Å². The number of hydrogen-bond donors (Lipinski definition) is 1. The van der Waals surface area contributed by atoms with Crippen LogP contribution in [0.5, 0.6) is 5.75 Å². The second-order valence-electron chi connectivity index (χ2n) is 9.92. The summed E-state index contributed by atoms with van der Waals surface area (Å²) in [5, 5.41) is 10.2. The Bertz CT molecular complexity index is 1670. The molecule has 2 aromatic carbocycles. The first kappa shape index (κ1) is 22.1. The average Bonchev–Trinajstić information content (AvgIpc) is 3.55. The molecule has 8 nitrogen and oxygen atoms in total. The largest absolute Gasteiger partial charge is 0.434 e. The Hall–Kier alpha value is -4.18. The number of hydrogen-bond acceptors (Lipinski definition) is 6. The Labute approximate surface area is 210 Å². The fourth-order valence-electron chi connectivity index (χ4n) is 5.61. The van der Waals surface area contributed by atoms with E-state index in [4.69, 9.17) is 9.72 Å². The Kier molecular flexibility index (Phi) is 4.56. The Morgan fingerprint density at radius 3 is 2.62 bits per heavy atom. The van der Waals surface area contributed by atoms with Gasteiger partial charge in [0.2, 0.25) is 0 Å². The number of imidazole rings is 2. The third kappa shape index (κ3) is 3.28. The summed E-state index contributed by atoms with van der Waals surface area (Å²) in [6.45, 7) is 0.337. The van der Waals surface area contributed by atoms with Crippen molar-refractivity contribution in [1.82, 2.24) is 29.1 Å². The van der Waals surface area contributed by atoms with Gasteiger partial charge in [0.1, 0.15) is 23.0 Å². The van der Waals surface area contributed by atoms with Gasteiger partial charge < -0.3 is 19.0 Å². The molecule has 0 radical (unpaired) electrons. The first-order valence-electron chi connectivity index (χ1n) is 12.0. The minimum atomic E-state index is -2.94. The number of halogens is 2. The lowest BCUT2D eigenvalue weighted by Crippen LogP contribution is -2.19. The molecule has 2 atom stereocenters. The maximum Gasteiger partial charge on any atom is 0.387 e. The van der Waals surface area contributed by atoms with E-state index in [1.807, 2.05) is 30.5 Å². The zero-order chi connectivity index (χ0) is 25.5. The van der Waals surface area contributed by atoms with Crippen LogP contribution in [0.25, 0.3) is 33.5 Å². The van der Waals surface area contributed by atoms with Crippen LogP contribution < -0.4 is 4.74 Å². The molecule has 37 heavy (non-hydrogen) atoms. The predicted octanol–water partition coefficient (Wildman–Crippen LogP) is 5.08. The fourth-order valence-corrected chi connectivity index (χ4v) is 5.61. The highest BCUT2D eigenvalue weighted by molar-refractivity contribution is 5.84. The summed E-state index contributed by atoms with van der Waals surface area (Å²) < 4.78 is 36.0. The number of alkyl halides is 2. The molecule has 2 aliphatic heterocycles. The second-order valence-corrected chi connectivity index (χ2v) is 9.92. The lowest BCUT2D eigenvalue weighted by molar-refractivity contribution is -0.0506. The van der Waals surface area contributed by atoms with Crippen molar-refractivity contribution in [2.45, 2.75) is 44.6 Å². The quantitative estimate of drug-likeness (QED) is 0.370. The Morgan fingerprint density at radius 2 is 1.86 bits per heavy atom. The predicted molar refractivity (Wildman–Crippen MR) is 131 cm³/mol. The lowest BCUT2D eigenvalue weighted by atomic mass is 9.97. The number of aromatic nitrogens is 6. The topological polar surface area (TPSA) is 90.9 Å². The highest BCUT2D eigenvalue weighted by Crippen LogP contribution is 2.52. The number of ether oxygens (including phenoxy) is 1. The number of benzene rings is 2. The number of aliphatic hydroxyl groups is 1. The van der Waals surface area contributed by atoms with Gasteiger partial charge in [-0.3, -0.25) is 0 Å². The molecular weight excluding hydrogens is 478 g/mol. The Balaban J connectivity index is 1.43. The van der Waals surface area contributed by atoms with Crippen molar-refractivity contribution >= 4 is 11.0 Å². The number of fused-ring (bicyclic) bond motifs is 6. The smallest absolute Gasteiger partial charge is 0.387 e. The first-order valence-corrected chi connectivity index (χ1v) is 12.0. The van der Waals surface area contributed by atoms with Crippen molar-refractivity contribution in [2.75, 3.05) is 0 Å². The second kappa shape index (κ2) is 7.66. The van der Waals surface area contributed by atoms with Crippen molar-refractivity contribution in [1.29, 1.82) is 0 Å². The van der Waals surface area contributed by atoms with E-state index < -0.39 is 12.2 Å². The molecule has 3 aromatic heterocycles. The summed E-state index contributed by atoms with van der Waals surface area (Å²) in [6.07, 6.45) is 7.66. The zero-order valence-electron chi connectivity index (χ0n) is 20.0. The molecule has 2 aliphatic rings. The fraction of sp³-hybridized carbons (Fsp3) is 0.259. The molecule has 0 unspecified atom stereocenters. The molecule has 10 heteroatoms. The molecular formula is C27H22F2N6O2. The highest BCUT2D eigenvalue weighted by atomic mass is 19.3. The van der Waals surface area contributed by atoms with Crippen LogP contribution in [-0.2, 0) is 5.60 Å². The maximum absolute atomic E-state index is 13.4. The van der Waals surface area contributed by atoms with Gasteiger partial charge in [-0.25, -0.2) is 19.9 Å². The minimum Gasteiger partial charge on any atom is -0.434 e. The molecule has 0 fully saturated rings. The third-order valence-electron chi connectivity index (χ3n) is 7.17. The van der Waals surface area contributed by atoms with Gasteiger partial charge in [0.25, 0.3) is 0 Å². The zero-order valence-corrected chi connectivity index (χ0v) is 20.0. The van der Waals surface area contributed by atoms with Crippen molar-refractivity contribution in [3.05, 3.63) is 78.4 Å². The van der Waals surface area contributed by atoms with Crippen LogP contribution in [0.1, 0.15) is 49.6 Å². The van der Waals surface area contributed by atoms with Gasteiger partial charge in [0, 0.05) is 47.9 Å². The molecule has 5 aromatic rings. The summed E-state index contributed by atoms with van der Waals surface area (Å²) >= 11 is 0. The van der Waals surface area contributed by atoms with Crippen molar-refractivity contribution < 1.29 is 18.6 Å². The summed E-state index contributed by atoms with van der Waals surface area (Å²) in [5.74, 6) is 2.05. The lowest BCUT2D eigenvalue weighted by Gasteiger charge is -2.21. The molecule has 0 amide bonds. The first-order chi connectivity index (χ1) is 17.8. The van der Waals surface area contributed by atoms with Crippen molar-refractivity contribution in [3.63, 3.8) is 0 Å². The molecule has 0 saturated heterocycles. The third-order valence-corrected chi connectivity index (χ3v) is 7.17. The van der Waals surface area contributed by atoms with Crippen LogP contribution in [0.2, 0.25) is 0 Å². The van der Waals surface area contributed by atoms with Crippen LogP contribution >= 0.6 is 0 Å². The summed E-state index contributed by atoms with van der Waals surface area (Å²) in [6, 6.07) is 10.8. The van der Waals surface area contributed by atoms with E-state index in [2.05, 4.69) is 24.1 Å². The van der Waals surface area contributed by atoms with E-state index in [0.717, 1.165) is 33.5 Å². The normalized spacial score (nSPS) is 18.0. The van der Waals surface area contributed by atoms with Gasteiger partial charge in [-0.2, -0.15) is 8.78 Å². The van der Waals surface area contributed by atoms with Crippen LogP contribution in [0.15, 0.2) is 61.2 Å².